The van der Waals surface area contributed by atoms with Crippen LogP contribution in [0.3, 0.4) is 0 Å². The Bertz CT molecular complexity index is 181. The fourth-order valence-electron chi connectivity index (χ4n) is 2.63. The van der Waals surface area contributed by atoms with Crippen LogP contribution in [-0.2, 0) is 4.74 Å². The van der Waals surface area contributed by atoms with E-state index in [1.165, 1.54) is 77.7 Å². The van der Waals surface area contributed by atoms with Crippen LogP contribution >= 0.6 is 0 Å². The van der Waals surface area contributed by atoms with E-state index in [2.05, 4.69) is 17.1 Å². The second-order valence-electron chi connectivity index (χ2n) is 5.44. The highest BCUT2D eigenvalue weighted by molar-refractivity contribution is 4.67. The van der Waals surface area contributed by atoms with Gasteiger partial charge in [-0.05, 0) is 25.8 Å². The molecule has 1 aliphatic rings. The van der Waals surface area contributed by atoms with Crippen molar-refractivity contribution >= 4 is 0 Å². The van der Waals surface area contributed by atoms with Gasteiger partial charge in [-0.1, -0.05) is 32.6 Å². The van der Waals surface area contributed by atoms with Gasteiger partial charge in [0, 0.05) is 33.3 Å². The van der Waals surface area contributed by atoms with Gasteiger partial charge in [-0.2, -0.15) is 0 Å². The van der Waals surface area contributed by atoms with Crippen molar-refractivity contribution in [2.45, 2.75) is 58.0 Å². The van der Waals surface area contributed by atoms with Crippen LogP contribution in [-0.4, -0.2) is 50.8 Å². The monoisotopic (exact) mass is 256 g/mol. The number of nitrogens with zero attached hydrogens (tertiary/aromatic N) is 1. The Morgan fingerprint density at radius 3 is 2.44 bits per heavy atom. The predicted octanol–water partition coefficient (Wildman–Crippen LogP) is 2.66. The molecule has 1 aliphatic heterocycles. The molecule has 1 rings (SSSR count). The Hall–Kier alpha value is -0.120. The van der Waals surface area contributed by atoms with Crippen molar-refractivity contribution in [1.29, 1.82) is 0 Å². The average Bonchev–Trinajstić information content (AvgIpc) is 2.43. The van der Waals surface area contributed by atoms with Gasteiger partial charge in [0.15, 0.2) is 0 Å². The van der Waals surface area contributed by atoms with E-state index < -0.39 is 0 Å². The second-order valence-corrected chi connectivity index (χ2v) is 5.44. The minimum absolute atomic E-state index is 0.504. The summed E-state index contributed by atoms with van der Waals surface area (Å²) in [5.41, 5.74) is 0. The zero-order valence-electron chi connectivity index (χ0n) is 12.4. The highest BCUT2D eigenvalue weighted by Crippen LogP contribution is 2.12. The van der Waals surface area contributed by atoms with Gasteiger partial charge < -0.3 is 15.0 Å². The fourth-order valence-corrected chi connectivity index (χ4v) is 2.63. The van der Waals surface area contributed by atoms with Gasteiger partial charge in [-0.25, -0.2) is 0 Å². The Labute approximate surface area is 113 Å². The molecule has 1 saturated heterocycles. The molecule has 0 amide bonds. The van der Waals surface area contributed by atoms with E-state index in [0.29, 0.717) is 6.10 Å². The van der Waals surface area contributed by atoms with Gasteiger partial charge >= 0.3 is 0 Å². The van der Waals surface area contributed by atoms with E-state index >= 15 is 0 Å². The lowest BCUT2D eigenvalue weighted by Crippen LogP contribution is -2.43. The second kappa shape index (κ2) is 10.8. The molecule has 0 bridgehead atoms. The Morgan fingerprint density at radius 1 is 1.06 bits per heavy atom. The summed E-state index contributed by atoms with van der Waals surface area (Å²) in [5, 5.41) is 3.40. The van der Waals surface area contributed by atoms with E-state index in [9.17, 15) is 0 Å². The SMILES string of the molecule is CCCC[C@H](CCCCCN1CCNCC1)OC. The summed E-state index contributed by atoms with van der Waals surface area (Å²) in [5.74, 6) is 0. The first-order chi connectivity index (χ1) is 8.86. The molecular weight excluding hydrogens is 224 g/mol. The summed E-state index contributed by atoms with van der Waals surface area (Å²) in [4.78, 5) is 2.58. The van der Waals surface area contributed by atoms with Crippen LogP contribution in [0.5, 0.6) is 0 Å². The molecule has 1 N–H and O–H groups in total. The summed E-state index contributed by atoms with van der Waals surface area (Å²) in [7, 11) is 1.86. The van der Waals surface area contributed by atoms with Gasteiger partial charge in [0.1, 0.15) is 0 Å². The van der Waals surface area contributed by atoms with Gasteiger partial charge in [-0.15, -0.1) is 0 Å². The third kappa shape index (κ3) is 7.34. The Kier molecular flexibility index (Phi) is 9.54. The van der Waals surface area contributed by atoms with Gasteiger partial charge in [0.25, 0.3) is 0 Å². The molecular formula is C15H32N2O. The van der Waals surface area contributed by atoms with Crippen LogP contribution in [0, 0.1) is 0 Å². The zero-order chi connectivity index (χ0) is 13.1. The highest BCUT2D eigenvalue weighted by atomic mass is 16.5. The minimum atomic E-state index is 0.504. The van der Waals surface area contributed by atoms with Crippen molar-refractivity contribution in [3.8, 4) is 0 Å². The molecule has 0 aliphatic carbocycles. The number of methoxy groups -OCH3 is 1. The average molecular weight is 256 g/mol. The molecule has 0 radical (unpaired) electrons. The summed E-state index contributed by atoms with van der Waals surface area (Å²) in [6.45, 7) is 8.34. The number of ether oxygens (including phenoxy) is 1. The Balaban J connectivity index is 1.93. The number of unbranched alkanes of at least 4 members (excludes halogenated alkanes) is 3. The van der Waals surface area contributed by atoms with Gasteiger partial charge in [0.05, 0.1) is 6.10 Å². The lowest BCUT2D eigenvalue weighted by molar-refractivity contribution is 0.0834. The number of nitrogens with one attached hydrogen (secondary N) is 1. The summed E-state index contributed by atoms with van der Waals surface area (Å²) < 4.78 is 5.53. The van der Waals surface area contributed by atoms with Crippen LogP contribution in [0.1, 0.15) is 51.9 Å². The molecule has 0 spiro atoms. The number of hydrogen-bond donors (Lipinski definition) is 1. The maximum Gasteiger partial charge on any atom is 0.0571 e. The van der Waals surface area contributed by atoms with E-state index in [1.807, 2.05) is 7.11 Å². The van der Waals surface area contributed by atoms with Crippen molar-refractivity contribution < 1.29 is 4.74 Å². The zero-order valence-corrected chi connectivity index (χ0v) is 12.4. The molecule has 0 aromatic carbocycles. The molecule has 3 nitrogen and oxygen atoms in total. The third-order valence-corrected chi connectivity index (χ3v) is 3.92. The van der Waals surface area contributed by atoms with Crippen LogP contribution in [0.25, 0.3) is 0 Å². The van der Waals surface area contributed by atoms with Crippen molar-refractivity contribution in [3.05, 3.63) is 0 Å². The smallest absolute Gasteiger partial charge is 0.0571 e. The van der Waals surface area contributed by atoms with E-state index in [0.717, 1.165) is 0 Å². The molecule has 1 fully saturated rings. The molecule has 3 heteroatoms. The molecule has 0 aromatic heterocycles. The quantitative estimate of drug-likeness (QED) is 0.608. The minimum Gasteiger partial charge on any atom is -0.381 e. The third-order valence-electron chi connectivity index (χ3n) is 3.92. The van der Waals surface area contributed by atoms with Crippen molar-refractivity contribution in [2.75, 3.05) is 39.8 Å². The number of piperazine rings is 1. The molecule has 0 saturated carbocycles. The first-order valence-electron chi connectivity index (χ1n) is 7.82. The standard InChI is InChI=1S/C15H32N2O/c1-3-4-8-15(18-2)9-6-5-7-12-17-13-10-16-11-14-17/h15-16H,3-14H2,1-2H3/t15-/m1/s1. The molecule has 18 heavy (non-hydrogen) atoms. The highest BCUT2D eigenvalue weighted by Gasteiger charge is 2.09. The van der Waals surface area contributed by atoms with Crippen molar-refractivity contribution in [3.63, 3.8) is 0 Å². The maximum atomic E-state index is 5.53. The fraction of sp³-hybridized carbons (Fsp3) is 1.00. The molecule has 1 heterocycles. The normalized spacial score (nSPS) is 19.0. The maximum absolute atomic E-state index is 5.53. The Morgan fingerprint density at radius 2 is 1.78 bits per heavy atom. The van der Waals surface area contributed by atoms with Crippen LogP contribution in [0.4, 0.5) is 0 Å². The van der Waals surface area contributed by atoms with Gasteiger partial charge in [-0.3, -0.25) is 0 Å². The topological polar surface area (TPSA) is 24.5 Å². The van der Waals surface area contributed by atoms with Crippen molar-refractivity contribution in [1.82, 2.24) is 10.2 Å². The molecule has 0 unspecified atom stereocenters. The molecule has 0 aromatic rings. The predicted molar refractivity (Wildman–Crippen MR) is 78.1 cm³/mol. The largest absolute Gasteiger partial charge is 0.381 e. The van der Waals surface area contributed by atoms with Crippen LogP contribution in [0.15, 0.2) is 0 Å². The first-order valence-corrected chi connectivity index (χ1v) is 7.82. The number of hydrogen-bond acceptors (Lipinski definition) is 3. The van der Waals surface area contributed by atoms with Crippen molar-refractivity contribution in [2.24, 2.45) is 0 Å². The molecule has 1 atom stereocenters. The van der Waals surface area contributed by atoms with Gasteiger partial charge in [0.2, 0.25) is 0 Å². The first kappa shape index (κ1) is 15.9. The van der Waals surface area contributed by atoms with Crippen LogP contribution in [0.2, 0.25) is 0 Å². The lowest BCUT2D eigenvalue weighted by Gasteiger charge is -2.27. The van der Waals surface area contributed by atoms with E-state index in [-0.39, 0.29) is 0 Å². The van der Waals surface area contributed by atoms with E-state index in [1.54, 1.807) is 0 Å². The lowest BCUT2D eigenvalue weighted by atomic mass is 10.0. The number of rotatable bonds is 10. The van der Waals surface area contributed by atoms with E-state index in [4.69, 9.17) is 4.74 Å². The molecule has 108 valence electrons. The summed E-state index contributed by atoms with van der Waals surface area (Å²) >= 11 is 0. The summed E-state index contributed by atoms with van der Waals surface area (Å²) in [6.07, 6.45) is 9.61. The summed E-state index contributed by atoms with van der Waals surface area (Å²) in [6, 6.07) is 0. The van der Waals surface area contributed by atoms with Crippen LogP contribution < -0.4 is 5.32 Å².